The van der Waals surface area contributed by atoms with Crippen molar-refractivity contribution in [3.63, 3.8) is 0 Å². The minimum Gasteiger partial charge on any atom is -0.497 e. The highest BCUT2D eigenvalue weighted by Crippen LogP contribution is 2.18. The summed E-state index contributed by atoms with van der Waals surface area (Å²) in [6.07, 6.45) is 0. The standard InChI is InChI=1S/C16H25NO3S/c1-12(15(18)17-16(2,3)4)21-11-10-20-14-8-6-13(19-5)7-9-14/h6-9,12H,10-11H2,1-5H3,(H,17,18). The van der Waals surface area contributed by atoms with E-state index < -0.39 is 0 Å². The van der Waals surface area contributed by atoms with Crippen molar-refractivity contribution in [2.24, 2.45) is 0 Å². The van der Waals surface area contributed by atoms with Crippen molar-refractivity contribution in [2.75, 3.05) is 19.5 Å². The van der Waals surface area contributed by atoms with E-state index in [0.717, 1.165) is 17.3 Å². The number of ether oxygens (including phenoxy) is 2. The molecule has 0 bridgehead atoms. The van der Waals surface area contributed by atoms with Gasteiger partial charge in [-0.25, -0.2) is 0 Å². The number of thioether (sulfide) groups is 1. The van der Waals surface area contributed by atoms with Crippen LogP contribution >= 0.6 is 11.8 Å². The second-order valence-corrected chi connectivity index (χ2v) is 7.22. The third kappa shape index (κ3) is 7.27. The first-order valence-corrected chi connectivity index (χ1v) is 8.07. The Kier molecular flexibility index (Phi) is 6.89. The van der Waals surface area contributed by atoms with Crippen LogP contribution in [0.25, 0.3) is 0 Å². The number of benzene rings is 1. The molecule has 0 spiro atoms. The molecule has 0 aromatic heterocycles. The Bertz CT molecular complexity index is 440. The largest absolute Gasteiger partial charge is 0.497 e. The van der Waals surface area contributed by atoms with Crippen molar-refractivity contribution in [3.05, 3.63) is 24.3 Å². The van der Waals surface area contributed by atoms with Gasteiger partial charge in [0.1, 0.15) is 11.5 Å². The van der Waals surface area contributed by atoms with Gasteiger partial charge in [0.25, 0.3) is 0 Å². The Morgan fingerprint density at radius 2 is 1.81 bits per heavy atom. The molecule has 0 radical (unpaired) electrons. The average molecular weight is 311 g/mol. The Hall–Kier alpha value is -1.36. The van der Waals surface area contributed by atoms with E-state index in [-0.39, 0.29) is 16.7 Å². The fraction of sp³-hybridized carbons (Fsp3) is 0.562. The van der Waals surface area contributed by atoms with Crippen molar-refractivity contribution >= 4 is 17.7 Å². The summed E-state index contributed by atoms with van der Waals surface area (Å²) in [5.41, 5.74) is -0.189. The van der Waals surface area contributed by atoms with Crippen molar-refractivity contribution in [3.8, 4) is 11.5 Å². The van der Waals surface area contributed by atoms with Crippen LogP contribution in [0.3, 0.4) is 0 Å². The van der Waals surface area contributed by atoms with Crippen LogP contribution in [0, 0.1) is 0 Å². The zero-order chi connectivity index (χ0) is 15.9. The van der Waals surface area contributed by atoms with E-state index in [9.17, 15) is 4.79 Å². The zero-order valence-corrected chi connectivity index (χ0v) is 14.3. The lowest BCUT2D eigenvalue weighted by molar-refractivity contribution is -0.121. The summed E-state index contributed by atoms with van der Waals surface area (Å²) in [7, 11) is 1.64. The summed E-state index contributed by atoms with van der Waals surface area (Å²) in [5, 5.41) is 2.90. The lowest BCUT2D eigenvalue weighted by Gasteiger charge is -2.23. The van der Waals surface area contributed by atoms with Gasteiger partial charge >= 0.3 is 0 Å². The number of rotatable bonds is 7. The van der Waals surface area contributed by atoms with E-state index in [1.807, 2.05) is 52.0 Å². The Labute approximate surface area is 131 Å². The molecule has 0 aliphatic heterocycles. The fourth-order valence-corrected chi connectivity index (χ4v) is 2.35. The minimum atomic E-state index is -0.189. The topological polar surface area (TPSA) is 47.6 Å². The molecule has 0 saturated carbocycles. The molecular formula is C16H25NO3S. The summed E-state index contributed by atoms with van der Waals surface area (Å²) in [6.45, 7) is 8.43. The van der Waals surface area contributed by atoms with Crippen LogP contribution in [0.4, 0.5) is 0 Å². The fourth-order valence-electron chi connectivity index (χ4n) is 1.60. The van der Waals surface area contributed by atoms with Crippen molar-refractivity contribution in [1.82, 2.24) is 5.32 Å². The van der Waals surface area contributed by atoms with Crippen LogP contribution in [0.1, 0.15) is 27.7 Å². The van der Waals surface area contributed by atoms with E-state index >= 15 is 0 Å². The van der Waals surface area contributed by atoms with E-state index in [0.29, 0.717) is 6.61 Å². The molecule has 0 heterocycles. The first kappa shape index (κ1) is 17.7. The Morgan fingerprint density at radius 3 is 2.33 bits per heavy atom. The molecule has 0 aliphatic carbocycles. The number of hydrogen-bond acceptors (Lipinski definition) is 4. The molecule has 4 nitrogen and oxygen atoms in total. The maximum Gasteiger partial charge on any atom is 0.233 e. The minimum absolute atomic E-state index is 0.0666. The summed E-state index contributed by atoms with van der Waals surface area (Å²) in [6, 6.07) is 7.47. The maximum absolute atomic E-state index is 11.9. The summed E-state index contributed by atoms with van der Waals surface area (Å²) in [4.78, 5) is 11.9. The van der Waals surface area contributed by atoms with Crippen LogP contribution in [-0.4, -0.2) is 36.2 Å². The SMILES string of the molecule is COc1ccc(OCCSC(C)C(=O)NC(C)(C)C)cc1. The molecule has 118 valence electrons. The lowest BCUT2D eigenvalue weighted by Crippen LogP contribution is -2.44. The molecule has 21 heavy (non-hydrogen) atoms. The van der Waals surface area contributed by atoms with Crippen LogP contribution in [0.2, 0.25) is 0 Å². The molecule has 1 atom stereocenters. The van der Waals surface area contributed by atoms with Gasteiger partial charge < -0.3 is 14.8 Å². The third-order valence-electron chi connectivity index (χ3n) is 2.65. The number of nitrogens with one attached hydrogen (secondary N) is 1. The third-order valence-corrected chi connectivity index (χ3v) is 3.76. The highest BCUT2D eigenvalue weighted by atomic mass is 32.2. The van der Waals surface area contributed by atoms with Gasteiger partial charge in [-0.2, -0.15) is 0 Å². The van der Waals surface area contributed by atoms with E-state index in [1.54, 1.807) is 18.9 Å². The molecular weight excluding hydrogens is 286 g/mol. The van der Waals surface area contributed by atoms with Gasteiger partial charge in [-0.05, 0) is 52.0 Å². The van der Waals surface area contributed by atoms with E-state index in [4.69, 9.17) is 9.47 Å². The molecule has 1 aromatic carbocycles. The smallest absolute Gasteiger partial charge is 0.233 e. The molecule has 1 rings (SSSR count). The van der Waals surface area contributed by atoms with Crippen molar-refractivity contribution in [2.45, 2.75) is 38.5 Å². The van der Waals surface area contributed by atoms with Gasteiger partial charge in [-0.1, -0.05) is 0 Å². The second kappa shape index (κ2) is 8.17. The van der Waals surface area contributed by atoms with Gasteiger partial charge in [0.05, 0.1) is 19.0 Å². The highest BCUT2D eigenvalue weighted by molar-refractivity contribution is 8.00. The highest BCUT2D eigenvalue weighted by Gasteiger charge is 2.19. The Balaban J connectivity index is 2.25. The van der Waals surface area contributed by atoms with Crippen LogP contribution < -0.4 is 14.8 Å². The normalized spacial score (nSPS) is 12.6. The van der Waals surface area contributed by atoms with Gasteiger partial charge in [0, 0.05) is 11.3 Å². The van der Waals surface area contributed by atoms with E-state index in [1.165, 1.54) is 0 Å². The lowest BCUT2D eigenvalue weighted by atomic mass is 10.1. The first-order chi connectivity index (χ1) is 9.81. The molecule has 0 fully saturated rings. The monoisotopic (exact) mass is 311 g/mol. The number of methoxy groups -OCH3 is 1. The number of carbonyl (C=O) groups excluding carboxylic acids is 1. The molecule has 1 aromatic rings. The average Bonchev–Trinajstić information content (AvgIpc) is 2.42. The van der Waals surface area contributed by atoms with Gasteiger partial charge in [0.15, 0.2) is 0 Å². The van der Waals surface area contributed by atoms with E-state index in [2.05, 4.69) is 5.32 Å². The molecule has 0 saturated heterocycles. The number of amides is 1. The van der Waals surface area contributed by atoms with Crippen molar-refractivity contribution in [1.29, 1.82) is 0 Å². The van der Waals surface area contributed by atoms with Crippen LogP contribution in [-0.2, 0) is 4.79 Å². The van der Waals surface area contributed by atoms with Crippen LogP contribution in [0.15, 0.2) is 24.3 Å². The van der Waals surface area contributed by atoms with Crippen molar-refractivity contribution < 1.29 is 14.3 Å². The van der Waals surface area contributed by atoms with Gasteiger partial charge in [0.2, 0.25) is 5.91 Å². The molecule has 1 unspecified atom stereocenters. The van der Waals surface area contributed by atoms with Gasteiger partial charge in [-0.3, -0.25) is 4.79 Å². The number of carbonyl (C=O) groups is 1. The molecule has 1 N–H and O–H groups in total. The summed E-state index contributed by atoms with van der Waals surface area (Å²) < 4.78 is 10.7. The second-order valence-electron chi connectivity index (χ2n) is 5.78. The molecule has 5 heteroatoms. The summed E-state index contributed by atoms with van der Waals surface area (Å²) in [5.74, 6) is 2.45. The predicted octanol–water partition coefficient (Wildman–Crippen LogP) is 3.11. The predicted molar refractivity (Wildman–Crippen MR) is 88.3 cm³/mol. The van der Waals surface area contributed by atoms with Gasteiger partial charge in [-0.15, -0.1) is 11.8 Å². The Morgan fingerprint density at radius 1 is 1.24 bits per heavy atom. The summed E-state index contributed by atoms with van der Waals surface area (Å²) >= 11 is 1.59. The zero-order valence-electron chi connectivity index (χ0n) is 13.4. The van der Waals surface area contributed by atoms with Crippen LogP contribution in [0.5, 0.6) is 11.5 Å². The quantitative estimate of drug-likeness (QED) is 0.786. The molecule has 0 aliphatic rings. The first-order valence-electron chi connectivity index (χ1n) is 7.02. The number of hydrogen-bond donors (Lipinski definition) is 1. The molecule has 1 amide bonds. The maximum atomic E-state index is 11.9.